The number of halogens is 1. The minimum absolute atomic E-state index is 0. The van der Waals surface area contributed by atoms with Crippen molar-refractivity contribution in [2.45, 2.75) is 6.54 Å². The van der Waals surface area contributed by atoms with E-state index < -0.39 is 0 Å². The van der Waals surface area contributed by atoms with E-state index in [1.165, 1.54) is 0 Å². The van der Waals surface area contributed by atoms with E-state index in [0.29, 0.717) is 13.1 Å². The first-order chi connectivity index (χ1) is 8.34. The first-order valence-electron chi connectivity index (χ1n) is 6.08. The molecule has 1 aliphatic heterocycles. The van der Waals surface area contributed by atoms with Gasteiger partial charge in [-0.05, 0) is 5.56 Å². The largest absolute Gasteiger partial charge is 0.351 e. The summed E-state index contributed by atoms with van der Waals surface area (Å²) in [5.74, 6) is 0.107. The van der Waals surface area contributed by atoms with Crippen LogP contribution in [0.4, 0.5) is 0 Å². The maximum absolute atomic E-state index is 11.7. The Labute approximate surface area is 114 Å². The van der Waals surface area contributed by atoms with E-state index in [4.69, 9.17) is 0 Å². The van der Waals surface area contributed by atoms with Crippen molar-refractivity contribution in [3.63, 3.8) is 0 Å². The molecule has 0 aliphatic carbocycles. The van der Waals surface area contributed by atoms with Crippen molar-refractivity contribution in [3.8, 4) is 0 Å². The van der Waals surface area contributed by atoms with Gasteiger partial charge in [0.2, 0.25) is 5.91 Å². The highest BCUT2D eigenvalue weighted by Gasteiger charge is 2.12. The molecule has 0 atom stereocenters. The van der Waals surface area contributed by atoms with E-state index in [2.05, 4.69) is 15.5 Å². The summed E-state index contributed by atoms with van der Waals surface area (Å²) < 4.78 is 0. The van der Waals surface area contributed by atoms with Crippen LogP contribution in [0.2, 0.25) is 0 Å². The second-order valence-electron chi connectivity index (χ2n) is 4.29. The maximum Gasteiger partial charge on any atom is 0.234 e. The van der Waals surface area contributed by atoms with Crippen LogP contribution in [0.3, 0.4) is 0 Å². The highest BCUT2D eigenvalue weighted by molar-refractivity contribution is 5.85. The third-order valence-electron chi connectivity index (χ3n) is 2.91. The smallest absolute Gasteiger partial charge is 0.234 e. The molecule has 5 heteroatoms. The number of hydrogen-bond acceptors (Lipinski definition) is 3. The summed E-state index contributed by atoms with van der Waals surface area (Å²) in [5, 5.41) is 6.22. The van der Waals surface area contributed by atoms with E-state index in [9.17, 15) is 4.79 Å². The van der Waals surface area contributed by atoms with Gasteiger partial charge in [0.15, 0.2) is 0 Å². The lowest BCUT2D eigenvalue weighted by Crippen LogP contribution is -2.47. The molecule has 0 unspecified atom stereocenters. The maximum atomic E-state index is 11.7. The Morgan fingerprint density at radius 1 is 1.22 bits per heavy atom. The van der Waals surface area contributed by atoms with Crippen LogP contribution in [0.1, 0.15) is 5.56 Å². The zero-order valence-electron chi connectivity index (χ0n) is 10.4. The van der Waals surface area contributed by atoms with Crippen molar-refractivity contribution >= 4 is 18.3 Å². The highest BCUT2D eigenvalue weighted by Crippen LogP contribution is 1.97. The lowest BCUT2D eigenvalue weighted by atomic mass is 10.2. The van der Waals surface area contributed by atoms with Crippen molar-refractivity contribution in [1.29, 1.82) is 0 Å². The fourth-order valence-corrected chi connectivity index (χ4v) is 1.92. The molecule has 1 saturated heterocycles. The van der Waals surface area contributed by atoms with Gasteiger partial charge in [-0.1, -0.05) is 30.3 Å². The zero-order chi connectivity index (χ0) is 11.9. The molecular formula is C13H20ClN3O. The van der Waals surface area contributed by atoms with Crippen LogP contribution < -0.4 is 10.6 Å². The van der Waals surface area contributed by atoms with Crippen molar-refractivity contribution < 1.29 is 4.79 Å². The monoisotopic (exact) mass is 269 g/mol. The molecule has 2 rings (SSSR count). The minimum Gasteiger partial charge on any atom is -0.351 e. The molecule has 4 nitrogen and oxygen atoms in total. The van der Waals surface area contributed by atoms with Crippen LogP contribution in [0.15, 0.2) is 30.3 Å². The minimum atomic E-state index is 0. The molecule has 1 aromatic carbocycles. The third-order valence-corrected chi connectivity index (χ3v) is 2.91. The number of rotatable bonds is 4. The first kappa shape index (κ1) is 15.0. The van der Waals surface area contributed by atoms with Gasteiger partial charge in [-0.3, -0.25) is 9.69 Å². The number of hydrogen-bond donors (Lipinski definition) is 2. The predicted octanol–water partition coefficient (Wildman–Crippen LogP) is 0.630. The third kappa shape index (κ3) is 5.04. The van der Waals surface area contributed by atoms with Crippen LogP contribution in [0, 0.1) is 0 Å². The summed E-state index contributed by atoms with van der Waals surface area (Å²) in [6.45, 7) is 5.00. The van der Waals surface area contributed by atoms with Crippen LogP contribution in [-0.4, -0.2) is 43.5 Å². The van der Waals surface area contributed by atoms with Crippen molar-refractivity contribution in [3.05, 3.63) is 35.9 Å². The average molecular weight is 270 g/mol. The fourth-order valence-electron chi connectivity index (χ4n) is 1.92. The average Bonchev–Trinajstić information content (AvgIpc) is 2.39. The van der Waals surface area contributed by atoms with E-state index >= 15 is 0 Å². The molecule has 0 bridgehead atoms. The number of carbonyl (C=O) groups is 1. The fraction of sp³-hybridized carbons (Fsp3) is 0.462. The Morgan fingerprint density at radius 3 is 2.56 bits per heavy atom. The summed E-state index contributed by atoms with van der Waals surface area (Å²) in [5.41, 5.74) is 1.14. The number of piperazine rings is 1. The highest BCUT2D eigenvalue weighted by atomic mass is 35.5. The molecule has 1 fully saturated rings. The number of nitrogens with zero attached hydrogens (tertiary/aromatic N) is 1. The molecule has 18 heavy (non-hydrogen) atoms. The molecule has 0 saturated carbocycles. The number of carbonyl (C=O) groups excluding carboxylic acids is 1. The standard InChI is InChI=1S/C13H19N3O.ClH/c17-13(11-16-8-6-14-7-9-16)15-10-12-4-2-1-3-5-12;/h1-5,14H,6-11H2,(H,15,17);1H. The Hall–Kier alpha value is -1.10. The zero-order valence-corrected chi connectivity index (χ0v) is 11.2. The summed E-state index contributed by atoms with van der Waals surface area (Å²) in [6.07, 6.45) is 0. The quantitative estimate of drug-likeness (QED) is 0.843. The summed E-state index contributed by atoms with van der Waals surface area (Å²) in [7, 11) is 0. The van der Waals surface area contributed by atoms with Gasteiger partial charge in [0, 0.05) is 32.7 Å². The van der Waals surface area contributed by atoms with Crippen molar-refractivity contribution in [2.24, 2.45) is 0 Å². The molecule has 0 spiro atoms. The number of amides is 1. The molecule has 0 radical (unpaired) electrons. The Balaban J connectivity index is 0.00000162. The molecule has 1 amide bonds. The van der Waals surface area contributed by atoms with Crippen LogP contribution in [-0.2, 0) is 11.3 Å². The Bertz CT molecular complexity index is 353. The summed E-state index contributed by atoms with van der Waals surface area (Å²) >= 11 is 0. The molecule has 100 valence electrons. The lowest BCUT2D eigenvalue weighted by Gasteiger charge is -2.26. The molecular weight excluding hydrogens is 250 g/mol. The van der Waals surface area contributed by atoms with Gasteiger partial charge in [-0.2, -0.15) is 0 Å². The van der Waals surface area contributed by atoms with E-state index in [1.54, 1.807) is 0 Å². The van der Waals surface area contributed by atoms with Crippen molar-refractivity contribution in [1.82, 2.24) is 15.5 Å². The van der Waals surface area contributed by atoms with Gasteiger partial charge in [0.25, 0.3) is 0 Å². The van der Waals surface area contributed by atoms with E-state index in [-0.39, 0.29) is 18.3 Å². The Kier molecular flexibility index (Phi) is 6.72. The summed E-state index contributed by atoms with van der Waals surface area (Å²) in [4.78, 5) is 13.9. The normalized spacial score (nSPS) is 15.8. The molecule has 1 heterocycles. The lowest BCUT2D eigenvalue weighted by molar-refractivity contribution is -0.122. The molecule has 1 aliphatic rings. The van der Waals surface area contributed by atoms with Gasteiger partial charge in [0.05, 0.1) is 6.54 Å². The van der Waals surface area contributed by atoms with Gasteiger partial charge >= 0.3 is 0 Å². The summed E-state index contributed by atoms with van der Waals surface area (Å²) in [6, 6.07) is 9.98. The van der Waals surface area contributed by atoms with Gasteiger partial charge in [0.1, 0.15) is 0 Å². The predicted molar refractivity (Wildman–Crippen MR) is 74.8 cm³/mol. The molecule has 2 N–H and O–H groups in total. The number of nitrogens with one attached hydrogen (secondary N) is 2. The van der Waals surface area contributed by atoms with Gasteiger partial charge in [-0.15, -0.1) is 12.4 Å². The van der Waals surface area contributed by atoms with Crippen LogP contribution >= 0.6 is 12.4 Å². The van der Waals surface area contributed by atoms with Crippen LogP contribution in [0.5, 0.6) is 0 Å². The van der Waals surface area contributed by atoms with Gasteiger partial charge in [-0.25, -0.2) is 0 Å². The topological polar surface area (TPSA) is 44.4 Å². The van der Waals surface area contributed by atoms with Crippen molar-refractivity contribution in [2.75, 3.05) is 32.7 Å². The van der Waals surface area contributed by atoms with Crippen LogP contribution in [0.25, 0.3) is 0 Å². The molecule has 0 aromatic heterocycles. The SMILES string of the molecule is Cl.O=C(CN1CCNCC1)NCc1ccccc1. The number of benzene rings is 1. The second kappa shape index (κ2) is 8.08. The van der Waals surface area contributed by atoms with E-state index in [0.717, 1.165) is 31.7 Å². The Morgan fingerprint density at radius 2 is 1.89 bits per heavy atom. The van der Waals surface area contributed by atoms with E-state index in [1.807, 2.05) is 30.3 Å². The van der Waals surface area contributed by atoms with Gasteiger partial charge < -0.3 is 10.6 Å². The first-order valence-corrected chi connectivity index (χ1v) is 6.08. The molecule has 1 aromatic rings. The second-order valence-corrected chi connectivity index (χ2v) is 4.29.